The van der Waals surface area contributed by atoms with Crippen LogP contribution >= 0.6 is 0 Å². The van der Waals surface area contributed by atoms with Crippen molar-refractivity contribution in [3.05, 3.63) is 0 Å². The molecule has 0 fully saturated rings. The summed E-state index contributed by atoms with van der Waals surface area (Å²) < 4.78 is 5.18. The van der Waals surface area contributed by atoms with Crippen LogP contribution in [0.2, 0.25) is 0 Å². The zero-order chi connectivity index (χ0) is 13.5. The molecule has 0 unspecified atom stereocenters. The minimum atomic E-state index is -0.939. The molecule has 0 bridgehead atoms. The van der Waals surface area contributed by atoms with Crippen molar-refractivity contribution in [2.45, 2.75) is 39.2 Å². The van der Waals surface area contributed by atoms with E-state index in [1.807, 2.05) is 0 Å². The van der Waals surface area contributed by atoms with E-state index >= 15 is 0 Å². The quantitative estimate of drug-likeness (QED) is 0.730. The van der Waals surface area contributed by atoms with Crippen LogP contribution in [0.4, 0.5) is 4.79 Å². The molecular weight excluding hydrogens is 224 g/mol. The summed E-state index contributed by atoms with van der Waals surface area (Å²) >= 11 is 0. The lowest BCUT2D eigenvalue weighted by Gasteiger charge is -2.27. The second-order valence-corrected chi connectivity index (χ2v) is 4.75. The lowest BCUT2D eigenvalue weighted by Crippen LogP contribution is -2.39. The number of hydrogen-bond acceptors (Lipinski definition) is 4. The lowest BCUT2D eigenvalue weighted by atomic mass is 10.2. The average molecular weight is 246 g/mol. The molecular formula is C11H22N2O4. The van der Waals surface area contributed by atoms with E-state index < -0.39 is 17.7 Å². The predicted molar refractivity (Wildman–Crippen MR) is 63.7 cm³/mol. The Balaban J connectivity index is 4.33. The zero-order valence-electron chi connectivity index (χ0n) is 10.7. The molecule has 100 valence electrons. The molecule has 1 amide bonds. The number of aliphatic carboxylic acids is 1. The van der Waals surface area contributed by atoms with Gasteiger partial charge < -0.3 is 20.5 Å². The van der Waals surface area contributed by atoms with Gasteiger partial charge in [-0.3, -0.25) is 4.79 Å². The number of nitrogens with zero attached hydrogens (tertiary/aromatic N) is 1. The number of carbonyl (C=O) groups excluding carboxylic acids is 1. The highest BCUT2D eigenvalue weighted by Crippen LogP contribution is 2.10. The van der Waals surface area contributed by atoms with Crippen molar-refractivity contribution in [2.24, 2.45) is 5.73 Å². The van der Waals surface area contributed by atoms with Gasteiger partial charge in [-0.2, -0.15) is 0 Å². The number of ether oxygens (including phenoxy) is 1. The minimum Gasteiger partial charge on any atom is -0.481 e. The van der Waals surface area contributed by atoms with E-state index in [0.29, 0.717) is 19.5 Å². The molecule has 0 aromatic heterocycles. The molecule has 0 aliphatic heterocycles. The van der Waals surface area contributed by atoms with E-state index in [1.54, 1.807) is 20.8 Å². The molecule has 0 aromatic rings. The van der Waals surface area contributed by atoms with Crippen molar-refractivity contribution in [1.82, 2.24) is 4.90 Å². The van der Waals surface area contributed by atoms with Gasteiger partial charge in [0.25, 0.3) is 0 Å². The Morgan fingerprint density at radius 3 is 2.29 bits per heavy atom. The van der Waals surface area contributed by atoms with Crippen molar-refractivity contribution in [3.63, 3.8) is 0 Å². The van der Waals surface area contributed by atoms with Gasteiger partial charge in [0.15, 0.2) is 0 Å². The van der Waals surface area contributed by atoms with Gasteiger partial charge in [0.2, 0.25) is 0 Å². The molecule has 0 radical (unpaired) electrons. The highest BCUT2D eigenvalue weighted by atomic mass is 16.6. The van der Waals surface area contributed by atoms with Crippen molar-refractivity contribution in [3.8, 4) is 0 Å². The van der Waals surface area contributed by atoms with Crippen LogP contribution in [0.3, 0.4) is 0 Å². The lowest BCUT2D eigenvalue weighted by molar-refractivity contribution is -0.137. The second kappa shape index (κ2) is 7.11. The Hall–Kier alpha value is -1.30. The molecule has 0 saturated heterocycles. The van der Waals surface area contributed by atoms with E-state index in [2.05, 4.69) is 0 Å². The summed E-state index contributed by atoms with van der Waals surface area (Å²) in [5.41, 5.74) is 4.78. The molecule has 3 N–H and O–H groups in total. The van der Waals surface area contributed by atoms with Gasteiger partial charge in [-0.1, -0.05) is 0 Å². The first-order chi connectivity index (χ1) is 7.76. The smallest absolute Gasteiger partial charge is 0.410 e. The van der Waals surface area contributed by atoms with Crippen LogP contribution in [0.15, 0.2) is 0 Å². The second-order valence-electron chi connectivity index (χ2n) is 4.75. The fraction of sp³-hybridized carbons (Fsp3) is 0.818. The molecule has 0 aromatic carbocycles. The Bertz CT molecular complexity index is 261. The fourth-order valence-electron chi connectivity index (χ4n) is 1.13. The van der Waals surface area contributed by atoms with E-state index in [0.717, 1.165) is 0 Å². The monoisotopic (exact) mass is 246 g/mol. The van der Waals surface area contributed by atoms with E-state index in [9.17, 15) is 9.59 Å². The molecule has 17 heavy (non-hydrogen) atoms. The Morgan fingerprint density at radius 2 is 1.88 bits per heavy atom. The van der Waals surface area contributed by atoms with Crippen LogP contribution in [-0.4, -0.2) is 47.3 Å². The number of amides is 1. The molecule has 0 saturated carbocycles. The zero-order valence-corrected chi connectivity index (χ0v) is 10.7. The number of rotatable bonds is 6. The van der Waals surface area contributed by atoms with Gasteiger partial charge in [0.05, 0.1) is 6.42 Å². The molecule has 0 heterocycles. The van der Waals surface area contributed by atoms with Crippen LogP contribution < -0.4 is 5.73 Å². The maximum atomic E-state index is 11.7. The van der Waals surface area contributed by atoms with E-state index in [4.69, 9.17) is 15.6 Å². The SMILES string of the molecule is CC(C)(C)OC(=O)N(CCCN)CCC(=O)O. The highest BCUT2D eigenvalue weighted by Gasteiger charge is 2.22. The molecule has 0 atom stereocenters. The summed E-state index contributed by atoms with van der Waals surface area (Å²) in [7, 11) is 0. The summed E-state index contributed by atoms with van der Waals surface area (Å²) in [6.45, 7) is 6.31. The summed E-state index contributed by atoms with van der Waals surface area (Å²) in [6, 6.07) is 0. The number of carboxylic acid groups (broad SMARTS) is 1. The van der Waals surface area contributed by atoms with Gasteiger partial charge in [-0.25, -0.2) is 4.79 Å². The Morgan fingerprint density at radius 1 is 1.29 bits per heavy atom. The summed E-state index contributed by atoms with van der Waals surface area (Å²) in [6.07, 6.45) is 0.0371. The number of carbonyl (C=O) groups is 2. The third-order valence-corrected chi connectivity index (χ3v) is 1.88. The third kappa shape index (κ3) is 8.50. The van der Waals surface area contributed by atoms with Gasteiger partial charge in [-0.05, 0) is 33.7 Å². The van der Waals surface area contributed by atoms with Crippen molar-refractivity contribution in [2.75, 3.05) is 19.6 Å². The summed E-state index contributed by atoms with van der Waals surface area (Å²) in [4.78, 5) is 23.6. The molecule has 6 nitrogen and oxygen atoms in total. The first-order valence-electron chi connectivity index (χ1n) is 5.66. The maximum absolute atomic E-state index is 11.7. The topological polar surface area (TPSA) is 92.9 Å². The van der Waals surface area contributed by atoms with Crippen LogP contribution in [0.1, 0.15) is 33.6 Å². The summed E-state index contributed by atoms with van der Waals surface area (Å²) in [5, 5.41) is 8.60. The Labute approximate surface area is 102 Å². The number of carboxylic acids is 1. The molecule has 0 rings (SSSR count). The van der Waals surface area contributed by atoms with Gasteiger partial charge >= 0.3 is 12.1 Å². The van der Waals surface area contributed by atoms with Gasteiger partial charge in [0, 0.05) is 13.1 Å². The van der Waals surface area contributed by atoms with Gasteiger partial charge in [0.1, 0.15) is 5.60 Å². The van der Waals surface area contributed by atoms with E-state index in [-0.39, 0.29) is 13.0 Å². The van der Waals surface area contributed by atoms with Crippen molar-refractivity contribution < 1.29 is 19.4 Å². The van der Waals surface area contributed by atoms with Crippen LogP contribution in [-0.2, 0) is 9.53 Å². The molecule has 0 spiro atoms. The molecule has 0 aliphatic rings. The van der Waals surface area contributed by atoms with Crippen molar-refractivity contribution >= 4 is 12.1 Å². The first kappa shape index (κ1) is 15.7. The normalized spacial score (nSPS) is 11.1. The number of hydrogen-bond donors (Lipinski definition) is 2. The van der Waals surface area contributed by atoms with Crippen molar-refractivity contribution in [1.29, 1.82) is 0 Å². The van der Waals surface area contributed by atoms with E-state index in [1.165, 1.54) is 4.90 Å². The molecule has 6 heteroatoms. The van der Waals surface area contributed by atoms with Crippen LogP contribution in [0.25, 0.3) is 0 Å². The standard InChI is InChI=1S/C11H22N2O4/c1-11(2,3)17-10(16)13(7-4-6-12)8-5-9(14)15/h4-8,12H2,1-3H3,(H,14,15). The molecule has 0 aliphatic carbocycles. The first-order valence-corrected chi connectivity index (χ1v) is 5.66. The highest BCUT2D eigenvalue weighted by molar-refractivity contribution is 5.70. The minimum absolute atomic E-state index is 0.0934. The van der Waals surface area contributed by atoms with Gasteiger partial charge in [-0.15, -0.1) is 0 Å². The fourth-order valence-corrected chi connectivity index (χ4v) is 1.13. The summed E-state index contributed by atoms with van der Waals surface area (Å²) in [5.74, 6) is -0.939. The number of nitrogens with two attached hydrogens (primary N) is 1. The predicted octanol–water partition coefficient (Wildman–Crippen LogP) is 1.05. The Kier molecular flexibility index (Phi) is 6.57. The van der Waals surface area contributed by atoms with Crippen LogP contribution in [0.5, 0.6) is 0 Å². The average Bonchev–Trinajstić information content (AvgIpc) is 2.14. The largest absolute Gasteiger partial charge is 0.481 e. The third-order valence-electron chi connectivity index (χ3n) is 1.88. The maximum Gasteiger partial charge on any atom is 0.410 e. The van der Waals surface area contributed by atoms with Crippen LogP contribution in [0, 0.1) is 0 Å².